The maximum atomic E-state index is 12.7. The summed E-state index contributed by atoms with van der Waals surface area (Å²) >= 11 is 1.59. The molecule has 3 aromatic heterocycles. The van der Waals surface area contributed by atoms with E-state index in [9.17, 15) is 4.79 Å². The van der Waals surface area contributed by atoms with E-state index >= 15 is 0 Å². The minimum absolute atomic E-state index is 0.0274. The summed E-state index contributed by atoms with van der Waals surface area (Å²) < 4.78 is 2.00. The Kier molecular flexibility index (Phi) is 4.84. The average molecular weight is 418 g/mol. The molecule has 0 radical (unpaired) electrons. The number of para-hydroxylation sites is 1. The van der Waals surface area contributed by atoms with Gasteiger partial charge in [-0.05, 0) is 36.9 Å². The lowest BCUT2D eigenvalue weighted by Crippen LogP contribution is -2.35. The van der Waals surface area contributed by atoms with Crippen LogP contribution in [0.25, 0.3) is 16.4 Å². The lowest BCUT2D eigenvalue weighted by molar-refractivity contribution is 0.241. The number of hydrogen-bond acceptors (Lipinski definition) is 5. The van der Waals surface area contributed by atoms with Gasteiger partial charge in [-0.15, -0.1) is 11.3 Å². The highest BCUT2D eigenvalue weighted by molar-refractivity contribution is 7.13. The van der Waals surface area contributed by atoms with Crippen molar-refractivity contribution in [1.82, 2.24) is 24.6 Å². The second kappa shape index (κ2) is 7.66. The first-order valence-electron chi connectivity index (χ1n) is 10.1. The third kappa shape index (κ3) is 3.40. The number of aryl methyl sites for hydroxylation is 1. The Morgan fingerprint density at radius 3 is 2.83 bits per heavy atom. The van der Waals surface area contributed by atoms with Crippen LogP contribution in [0.3, 0.4) is 0 Å². The summed E-state index contributed by atoms with van der Waals surface area (Å²) in [6, 6.07) is 12.2. The first-order valence-corrected chi connectivity index (χ1v) is 11.0. The molecule has 0 fully saturated rings. The fraction of sp³-hybridized carbons (Fsp3) is 0.261. The predicted molar refractivity (Wildman–Crippen MR) is 119 cm³/mol. The molecule has 0 spiro atoms. The number of aromatic nitrogens is 4. The van der Waals surface area contributed by atoms with Crippen LogP contribution < -0.4 is 5.56 Å². The van der Waals surface area contributed by atoms with Crippen LogP contribution in [-0.4, -0.2) is 31.2 Å². The van der Waals surface area contributed by atoms with Crippen molar-refractivity contribution in [3.05, 3.63) is 86.4 Å². The summed E-state index contributed by atoms with van der Waals surface area (Å²) in [5.74, 6) is 0.678. The van der Waals surface area contributed by atoms with E-state index in [1.165, 1.54) is 11.1 Å². The molecule has 4 aromatic rings. The number of thiophene rings is 1. The van der Waals surface area contributed by atoms with E-state index in [2.05, 4.69) is 41.0 Å². The van der Waals surface area contributed by atoms with Crippen LogP contribution in [0.15, 0.2) is 52.8 Å². The highest BCUT2D eigenvalue weighted by Gasteiger charge is 2.23. The molecular formula is C23H23N5OS. The fourth-order valence-corrected chi connectivity index (χ4v) is 4.70. The van der Waals surface area contributed by atoms with E-state index in [4.69, 9.17) is 4.98 Å². The van der Waals surface area contributed by atoms with E-state index in [1.54, 1.807) is 11.3 Å². The summed E-state index contributed by atoms with van der Waals surface area (Å²) in [4.78, 5) is 23.7. The molecule has 1 aromatic carbocycles. The molecule has 0 bridgehead atoms. The van der Waals surface area contributed by atoms with Crippen LogP contribution in [0.2, 0.25) is 0 Å². The number of nitrogens with zero attached hydrogens (tertiary/aromatic N) is 4. The zero-order chi connectivity index (χ0) is 20.7. The average Bonchev–Trinajstić information content (AvgIpc) is 3.40. The maximum absolute atomic E-state index is 12.7. The molecule has 0 saturated carbocycles. The molecule has 1 aliphatic rings. The van der Waals surface area contributed by atoms with E-state index < -0.39 is 0 Å². The summed E-state index contributed by atoms with van der Waals surface area (Å²) in [6.07, 6.45) is 2.72. The molecule has 1 N–H and O–H groups in total. The molecule has 0 saturated heterocycles. The number of aromatic amines is 1. The number of nitrogens with one attached hydrogen (secondary N) is 1. The monoisotopic (exact) mass is 417 g/mol. The Morgan fingerprint density at radius 1 is 1.17 bits per heavy atom. The van der Waals surface area contributed by atoms with Crippen molar-refractivity contribution in [2.75, 3.05) is 6.54 Å². The highest BCUT2D eigenvalue weighted by Crippen LogP contribution is 2.24. The third-order valence-corrected chi connectivity index (χ3v) is 6.63. The van der Waals surface area contributed by atoms with Gasteiger partial charge in [0.2, 0.25) is 0 Å². The lowest BCUT2D eigenvalue weighted by Gasteiger charge is -2.27. The summed E-state index contributed by atoms with van der Waals surface area (Å²) in [5.41, 5.74) is 6.29. The third-order valence-electron chi connectivity index (χ3n) is 5.75. The number of H-pyrrole nitrogens is 1. The van der Waals surface area contributed by atoms with Gasteiger partial charge in [0.1, 0.15) is 0 Å². The predicted octanol–water partition coefficient (Wildman–Crippen LogP) is 3.86. The van der Waals surface area contributed by atoms with Gasteiger partial charge in [-0.2, -0.15) is 5.10 Å². The molecule has 0 unspecified atom stereocenters. The van der Waals surface area contributed by atoms with Crippen molar-refractivity contribution in [2.24, 2.45) is 0 Å². The van der Waals surface area contributed by atoms with Gasteiger partial charge in [0.05, 0.1) is 28.0 Å². The molecule has 0 amide bonds. The lowest BCUT2D eigenvalue weighted by atomic mass is 10.1. The molecule has 5 rings (SSSR count). The Morgan fingerprint density at radius 2 is 2.03 bits per heavy atom. The topological polar surface area (TPSA) is 66.8 Å². The van der Waals surface area contributed by atoms with Crippen molar-refractivity contribution < 1.29 is 0 Å². The van der Waals surface area contributed by atoms with Crippen LogP contribution in [0.1, 0.15) is 28.1 Å². The first-order chi connectivity index (χ1) is 14.6. The van der Waals surface area contributed by atoms with Crippen LogP contribution in [0.5, 0.6) is 0 Å². The van der Waals surface area contributed by atoms with E-state index in [0.717, 1.165) is 47.0 Å². The van der Waals surface area contributed by atoms with Crippen molar-refractivity contribution in [2.45, 2.75) is 33.4 Å². The van der Waals surface area contributed by atoms with Gasteiger partial charge in [0.15, 0.2) is 5.82 Å². The molecular weight excluding hydrogens is 394 g/mol. The zero-order valence-corrected chi connectivity index (χ0v) is 17.9. The fourth-order valence-electron chi connectivity index (χ4n) is 4.03. The minimum atomic E-state index is -0.0274. The van der Waals surface area contributed by atoms with Gasteiger partial charge in [-0.1, -0.05) is 24.3 Å². The number of hydrogen-bond donors (Lipinski definition) is 1. The smallest absolute Gasteiger partial charge is 0.255 e. The number of benzene rings is 1. The molecule has 6 nitrogen and oxygen atoms in total. The maximum Gasteiger partial charge on any atom is 0.255 e. The van der Waals surface area contributed by atoms with Crippen molar-refractivity contribution in [3.8, 4) is 16.4 Å². The molecule has 1 aliphatic heterocycles. The zero-order valence-electron chi connectivity index (χ0n) is 17.1. The second-order valence-electron chi connectivity index (χ2n) is 7.73. The van der Waals surface area contributed by atoms with Gasteiger partial charge < -0.3 is 4.98 Å². The van der Waals surface area contributed by atoms with Gasteiger partial charge in [-0.25, -0.2) is 9.67 Å². The SMILES string of the molecule is Cc1ccccc1-n1ncc(CN2CCc3nc(-c4cccs4)[nH]c(=O)c3C2)c1C. The molecule has 4 heterocycles. The summed E-state index contributed by atoms with van der Waals surface area (Å²) in [7, 11) is 0. The van der Waals surface area contributed by atoms with Crippen molar-refractivity contribution in [1.29, 1.82) is 0 Å². The van der Waals surface area contributed by atoms with Gasteiger partial charge in [-0.3, -0.25) is 9.69 Å². The Hall–Kier alpha value is -3.03. The van der Waals surface area contributed by atoms with Gasteiger partial charge in [0.25, 0.3) is 5.56 Å². The van der Waals surface area contributed by atoms with Crippen molar-refractivity contribution >= 4 is 11.3 Å². The van der Waals surface area contributed by atoms with Crippen LogP contribution >= 0.6 is 11.3 Å². The molecule has 0 atom stereocenters. The van der Waals surface area contributed by atoms with E-state index in [0.29, 0.717) is 12.4 Å². The van der Waals surface area contributed by atoms with Gasteiger partial charge in [0, 0.05) is 37.3 Å². The Bertz CT molecular complexity index is 1260. The Balaban J connectivity index is 1.38. The normalized spacial score (nSPS) is 14.1. The highest BCUT2D eigenvalue weighted by atomic mass is 32.1. The minimum Gasteiger partial charge on any atom is -0.306 e. The molecule has 152 valence electrons. The van der Waals surface area contributed by atoms with Crippen LogP contribution in [-0.2, 0) is 19.5 Å². The van der Waals surface area contributed by atoms with Crippen molar-refractivity contribution in [3.63, 3.8) is 0 Å². The first kappa shape index (κ1) is 19.0. The molecule has 30 heavy (non-hydrogen) atoms. The summed E-state index contributed by atoms with van der Waals surface area (Å²) in [6.45, 7) is 6.46. The standard InChI is InChI=1S/C23H23N5OS/c1-15-6-3-4-7-20(15)28-16(2)17(12-24-28)13-27-10-9-19-18(14-27)23(29)26-22(25-19)21-8-5-11-30-21/h3-8,11-12H,9-10,13-14H2,1-2H3,(H,25,26,29). The molecule has 7 heteroatoms. The second-order valence-corrected chi connectivity index (χ2v) is 8.68. The number of rotatable bonds is 4. The van der Waals surface area contributed by atoms with Crippen LogP contribution in [0.4, 0.5) is 0 Å². The van der Waals surface area contributed by atoms with Crippen LogP contribution in [0, 0.1) is 13.8 Å². The summed E-state index contributed by atoms with van der Waals surface area (Å²) in [5, 5.41) is 6.62. The number of fused-ring (bicyclic) bond motifs is 1. The molecule has 0 aliphatic carbocycles. The largest absolute Gasteiger partial charge is 0.306 e. The van der Waals surface area contributed by atoms with E-state index in [1.807, 2.05) is 40.5 Å². The quantitative estimate of drug-likeness (QED) is 0.548. The van der Waals surface area contributed by atoms with E-state index in [-0.39, 0.29) is 5.56 Å². The Labute approximate surface area is 178 Å². The van der Waals surface area contributed by atoms with Gasteiger partial charge >= 0.3 is 0 Å².